The van der Waals surface area contributed by atoms with Crippen LogP contribution in [-0.2, 0) is 14.3 Å². The maximum Gasteiger partial charge on any atom is 0.248 e. The maximum absolute atomic E-state index is 12.6. The molecular weight excluding hydrogens is 244 g/mol. The quantitative estimate of drug-likeness (QED) is 0.819. The largest absolute Gasteiger partial charge is 0.374 e. The van der Waals surface area contributed by atoms with Gasteiger partial charge in [0.2, 0.25) is 11.8 Å². The molecule has 0 saturated carbocycles. The first-order valence-electron chi connectivity index (χ1n) is 6.98. The van der Waals surface area contributed by atoms with Crippen LogP contribution in [0.1, 0.15) is 47.5 Å². The van der Waals surface area contributed by atoms with E-state index in [9.17, 15) is 9.59 Å². The number of nitrogens with one attached hydrogen (secondary N) is 1. The van der Waals surface area contributed by atoms with Crippen LogP contribution in [0.4, 0.5) is 0 Å². The molecule has 1 fully saturated rings. The minimum absolute atomic E-state index is 0.0198. The van der Waals surface area contributed by atoms with Crippen LogP contribution < -0.4 is 5.32 Å². The summed E-state index contributed by atoms with van der Waals surface area (Å²) in [5.41, 5.74) is -1.19. The lowest BCUT2D eigenvalue weighted by Crippen LogP contribution is -2.56. The molecule has 1 aliphatic rings. The highest BCUT2D eigenvalue weighted by atomic mass is 16.5. The minimum Gasteiger partial charge on any atom is -0.374 e. The molecule has 0 aromatic heterocycles. The topological polar surface area (TPSA) is 58.6 Å². The second-order valence-corrected chi connectivity index (χ2v) is 5.90. The Bertz CT molecular complexity index is 355. The van der Waals surface area contributed by atoms with Crippen molar-refractivity contribution in [2.24, 2.45) is 0 Å². The van der Waals surface area contributed by atoms with Crippen molar-refractivity contribution >= 4 is 11.8 Å². The number of carbonyl (C=O) groups excluding carboxylic acids is 2. The smallest absolute Gasteiger partial charge is 0.248 e. The van der Waals surface area contributed by atoms with Gasteiger partial charge in [-0.25, -0.2) is 0 Å². The van der Waals surface area contributed by atoms with E-state index in [1.807, 2.05) is 27.7 Å². The van der Waals surface area contributed by atoms with Crippen LogP contribution in [0, 0.1) is 0 Å². The molecule has 0 aliphatic carbocycles. The Hall–Kier alpha value is -1.10. The fraction of sp³-hybridized carbons (Fsp3) is 0.857. The first-order valence-corrected chi connectivity index (χ1v) is 6.98. The summed E-state index contributed by atoms with van der Waals surface area (Å²) in [7, 11) is 0. The van der Waals surface area contributed by atoms with Gasteiger partial charge in [-0.1, -0.05) is 6.92 Å². The van der Waals surface area contributed by atoms with Crippen molar-refractivity contribution < 1.29 is 14.3 Å². The van der Waals surface area contributed by atoms with E-state index >= 15 is 0 Å². The average molecular weight is 270 g/mol. The highest BCUT2D eigenvalue weighted by Crippen LogP contribution is 2.20. The molecule has 0 aromatic rings. The molecule has 5 heteroatoms. The molecular formula is C14H26N2O3. The molecule has 0 bridgehead atoms. The monoisotopic (exact) mass is 270 g/mol. The third-order valence-corrected chi connectivity index (χ3v) is 3.60. The van der Waals surface area contributed by atoms with Crippen LogP contribution in [0.3, 0.4) is 0 Å². The number of rotatable bonds is 5. The normalized spacial score (nSPS) is 25.2. The summed E-state index contributed by atoms with van der Waals surface area (Å²) in [5, 5.41) is 2.83. The zero-order valence-corrected chi connectivity index (χ0v) is 12.7. The van der Waals surface area contributed by atoms with E-state index in [-0.39, 0.29) is 11.8 Å². The lowest BCUT2D eigenvalue weighted by atomic mass is 9.96. The predicted octanol–water partition coefficient (Wildman–Crippen LogP) is 1.32. The fourth-order valence-electron chi connectivity index (χ4n) is 2.40. The lowest BCUT2D eigenvalue weighted by molar-refractivity contribution is -0.142. The van der Waals surface area contributed by atoms with E-state index in [1.165, 1.54) is 0 Å². The fourth-order valence-corrected chi connectivity index (χ4v) is 2.40. The van der Waals surface area contributed by atoms with Crippen molar-refractivity contribution in [3.63, 3.8) is 0 Å². The van der Waals surface area contributed by atoms with E-state index in [2.05, 4.69) is 5.32 Å². The predicted molar refractivity (Wildman–Crippen MR) is 73.7 cm³/mol. The number of hydrogen-bond acceptors (Lipinski definition) is 3. The summed E-state index contributed by atoms with van der Waals surface area (Å²) in [4.78, 5) is 26.0. The van der Waals surface area contributed by atoms with Crippen LogP contribution in [0.15, 0.2) is 0 Å². The van der Waals surface area contributed by atoms with Crippen LogP contribution in [0.25, 0.3) is 0 Å². The zero-order chi connectivity index (χ0) is 14.7. The van der Waals surface area contributed by atoms with Gasteiger partial charge in [0.25, 0.3) is 0 Å². The van der Waals surface area contributed by atoms with Crippen molar-refractivity contribution in [2.45, 2.75) is 58.6 Å². The van der Waals surface area contributed by atoms with Crippen LogP contribution in [0.2, 0.25) is 0 Å². The number of ether oxygens (including phenoxy) is 1. The number of carbonyl (C=O) groups is 2. The first kappa shape index (κ1) is 16.0. The molecule has 1 N–H and O–H groups in total. The van der Waals surface area contributed by atoms with E-state index in [1.54, 1.807) is 11.8 Å². The van der Waals surface area contributed by atoms with E-state index in [0.717, 1.165) is 0 Å². The van der Waals surface area contributed by atoms with Crippen LogP contribution >= 0.6 is 0 Å². The van der Waals surface area contributed by atoms with Crippen molar-refractivity contribution in [2.75, 3.05) is 19.7 Å². The van der Waals surface area contributed by atoms with Gasteiger partial charge in [0.15, 0.2) is 0 Å². The van der Waals surface area contributed by atoms with E-state index in [4.69, 9.17) is 4.74 Å². The van der Waals surface area contributed by atoms with Gasteiger partial charge in [-0.15, -0.1) is 0 Å². The molecule has 1 saturated heterocycles. The lowest BCUT2D eigenvalue weighted by Gasteiger charge is -2.36. The van der Waals surface area contributed by atoms with Gasteiger partial charge in [0, 0.05) is 26.1 Å². The van der Waals surface area contributed by atoms with Gasteiger partial charge in [-0.3, -0.25) is 9.59 Å². The molecule has 110 valence electrons. The second-order valence-electron chi connectivity index (χ2n) is 5.90. The molecule has 5 nitrogen and oxygen atoms in total. The molecule has 0 radical (unpaired) electrons. The molecule has 1 heterocycles. The molecule has 19 heavy (non-hydrogen) atoms. The van der Waals surface area contributed by atoms with E-state index in [0.29, 0.717) is 32.5 Å². The summed E-state index contributed by atoms with van der Waals surface area (Å²) in [6, 6.07) is 0. The summed E-state index contributed by atoms with van der Waals surface area (Å²) < 4.78 is 5.65. The maximum atomic E-state index is 12.6. The van der Waals surface area contributed by atoms with E-state index < -0.39 is 11.1 Å². The Labute approximate surface area is 115 Å². The number of nitrogens with zero attached hydrogens (tertiary/aromatic N) is 1. The Balaban J connectivity index is 2.88. The van der Waals surface area contributed by atoms with Gasteiger partial charge >= 0.3 is 0 Å². The van der Waals surface area contributed by atoms with Crippen molar-refractivity contribution in [3.05, 3.63) is 0 Å². The summed E-state index contributed by atoms with van der Waals surface area (Å²) in [6.45, 7) is 11.1. The van der Waals surface area contributed by atoms with Crippen LogP contribution in [0.5, 0.6) is 0 Å². The molecule has 1 aliphatic heterocycles. The van der Waals surface area contributed by atoms with Crippen LogP contribution in [-0.4, -0.2) is 47.6 Å². The van der Waals surface area contributed by atoms with Gasteiger partial charge < -0.3 is 15.0 Å². The minimum atomic E-state index is -0.796. The van der Waals surface area contributed by atoms with Gasteiger partial charge in [-0.05, 0) is 34.1 Å². The third kappa shape index (κ3) is 3.93. The second kappa shape index (κ2) is 5.90. The standard InChI is InChI=1S/C14H26N2O3/c1-6-14(5)12(18)16(9-8-11(17)15-14)10-13(3,4)19-7-2/h6-10H2,1-5H3,(H,15,17). The Kier molecular flexibility index (Phi) is 4.96. The average Bonchev–Trinajstić information content (AvgIpc) is 2.41. The zero-order valence-electron chi connectivity index (χ0n) is 12.7. The van der Waals surface area contributed by atoms with Crippen molar-refractivity contribution in [3.8, 4) is 0 Å². The third-order valence-electron chi connectivity index (χ3n) is 3.60. The highest BCUT2D eigenvalue weighted by molar-refractivity contribution is 5.93. The molecule has 0 spiro atoms. The SMILES string of the molecule is CCOC(C)(C)CN1CCC(=O)NC(C)(CC)C1=O. The summed E-state index contributed by atoms with van der Waals surface area (Å²) in [6.07, 6.45) is 0.937. The highest BCUT2D eigenvalue weighted by Gasteiger charge is 2.40. The number of hydrogen-bond donors (Lipinski definition) is 1. The molecule has 1 rings (SSSR count). The molecule has 0 aromatic carbocycles. The molecule has 1 atom stereocenters. The van der Waals surface area contributed by atoms with Gasteiger partial charge in [0.1, 0.15) is 5.54 Å². The Morgan fingerprint density at radius 1 is 1.37 bits per heavy atom. The van der Waals surface area contributed by atoms with Gasteiger partial charge in [0.05, 0.1) is 5.60 Å². The van der Waals surface area contributed by atoms with Crippen molar-refractivity contribution in [1.29, 1.82) is 0 Å². The summed E-state index contributed by atoms with van der Waals surface area (Å²) >= 11 is 0. The summed E-state index contributed by atoms with van der Waals surface area (Å²) in [5.74, 6) is -0.0805. The van der Waals surface area contributed by atoms with Gasteiger partial charge in [-0.2, -0.15) is 0 Å². The Morgan fingerprint density at radius 2 is 2.00 bits per heavy atom. The Morgan fingerprint density at radius 3 is 2.53 bits per heavy atom. The molecule has 2 amide bonds. The first-order chi connectivity index (χ1) is 8.74. The molecule has 1 unspecified atom stereocenters. The van der Waals surface area contributed by atoms with Crippen molar-refractivity contribution in [1.82, 2.24) is 10.2 Å². The number of amides is 2.